The van der Waals surface area contributed by atoms with Crippen LogP contribution in [0.4, 0.5) is 0 Å². The van der Waals surface area contributed by atoms with E-state index in [0.717, 1.165) is 12.8 Å². The summed E-state index contributed by atoms with van der Waals surface area (Å²) >= 11 is 0. The molecule has 2 fully saturated rings. The van der Waals surface area contributed by atoms with E-state index in [-0.39, 0.29) is 24.3 Å². The first kappa shape index (κ1) is 13.3. The van der Waals surface area contributed by atoms with Crippen molar-refractivity contribution in [2.75, 3.05) is 20.3 Å². The predicted molar refractivity (Wildman–Crippen MR) is 66.9 cm³/mol. The molecule has 1 N–H and O–H groups in total. The predicted octanol–water partition coefficient (Wildman–Crippen LogP) is 0.539. The maximum atomic E-state index is 12.7. The summed E-state index contributed by atoms with van der Waals surface area (Å²) in [5.74, 6) is 0.231. The molecule has 1 aliphatic carbocycles. The molecule has 5 heteroatoms. The van der Waals surface area contributed by atoms with Crippen molar-refractivity contribution in [3.8, 4) is 0 Å². The SMILES string of the molecule is COCC(C)(C)N1CC(=O)NC(C)(C2CC2)C1=O. The second kappa shape index (κ2) is 4.23. The summed E-state index contributed by atoms with van der Waals surface area (Å²) in [6, 6.07) is 0. The second-order valence-electron chi connectivity index (χ2n) is 6.16. The molecule has 0 bridgehead atoms. The minimum absolute atomic E-state index is 0.0200. The molecule has 2 rings (SSSR count). The maximum Gasteiger partial charge on any atom is 0.249 e. The normalized spacial score (nSPS) is 29.4. The van der Waals surface area contributed by atoms with Gasteiger partial charge in [-0.05, 0) is 39.5 Å². The number of ether oxygens (including phenoxy) is 1. The van der Waals surface area contributed by atoms with Crippen LogP contribution in [0.3, 0.4) is 0 Å². The summed E-state index contributed by atoms with van der Waals surface area (Å²) in [6.07, 6.45) is 2.03. The smallest absolute Gasteiger partial charge is 0.249 e. The summed E-state index contributed by atoms with van der Waals surface area (Å²) in [7, 11) is 1.61. The average molecular weight is 254 g/mol. The third kappa shape index (κ3) is 2.11. The van der Waals surface area contributed by atoms with Gasteiger partial charge in [-0.15, -0.1) is 0 Å². The van der Waals surface area contributed by atoms with E-state index < -0.39 is 11.1 Å². The van der Waals surface area contributed by atoms with E-state index >= 15 is 0 Å². The van der Waals surface area contributed by atoms with Crippen molar-refractivity contribution < 1.29 is 14.3 Å². The molecule has 1 aliphatic heterocycles. The zero-order chi connectivity index (χ0) is 13.6. The first-order valence-electron chi connectivity index (χ1n) is 6.43. The third-order valence-corrected chi connectivity index (χ3v) is 4.01. The first-order valence-corrected chi connectivity index (χ1v) is 6.43. The molecule has 18 heavy (non-hydrogen) atoms. The van der Waals surface area contributed by atoms with Gasteiger partial charge in [0.05, 0.1) is 12.1 Å². The molecule has 0 radical (unpaired) electrons. The number of hydrogen-bond acceptors (Lipinski definition) is 3. The third-order valence-electron chi connectivity index (χ3n) is 4.01. The Morgan fingerprint density at radius 2 is 2.06 bits per heavy atom. The van der Waals surface area contributed by atoms with Gasteiger partial charge in [-0.1, -0.05) is 0 Å². The van der Waals surface area contributed by atoms with E-state index in [1.54, 1.807) is 12.0 Å². The Hall–Kier alpha value is -1.10. The number of hydrogen-bond donors (Lipinski definition) is 1. The van der Waals surface area contributed by atoms with Crippen molar-refractivity contribution in [2.45, 2.75) is 44.7 Å². The Balaban J connectivity index is 2.25. The Morgan fingerprint density at radius 3 is 2.56 bits per heavy atom. The fraction of sp³-hybridized carbons (Fsp3) is 0.846. The summed E-state index contributed by atoms with van der Waals surface area (Å²) < 4.78 is 5.16. The van der Waals surface area contributed by atoms with Crippen LogP contribution in [0.5, 0.6) is 0 Å². The standard InChI is InChI=1S/C13H22N2O3/c1-12(2,8-18-4)15-7-10(16)14-13(3,11(15)17)9-5-6-9/h9H,5-8H2,1-4H3,(H,14,16). The molecule has 5 nitrogen and oxygen atoms in total. The molecule has 1 unspecified atom stereocenters. The van der Waals surface area contributed by atoms with Crippen LogP contribution in [-0.2, 0) is 14.3 Å². The van der Waals surface area contributed by atoms with Crippen molar-refractivity contribution >= 4 is 11.8 Å². The fourth-order valence-electron chi connectivity index (χ4n) is 2.74. The molecule has 102 valence electrons. The van der Waals surface area contributed by atoms with Gasteiger partial charge in [0.2, 0.25) is 11.8 Å². The second-order valence-corrected chi connectivity index (χ2v) is 6.16. The number of rotatable bonds is 4. The van der Waals surface area contributed by atoms with Gasteiger partial charge in [0.1, 0.15) is 12.1 Å². The van der Waals surface area contributed by atoms with Gasteiger partial charge in [0.25, 0.3) is 0 Å². The molecule has 1 saturated carbocycles. The van der Waals surface area contributed by atoms with Gasteiger partial charge in [-0.25, -0.2) is 0 Å². The Morgan fingerprint density at radius 1 is 1.44 bits per heavy atom. The minimum atomic E-state index is -0.722. The molecule has 0 aromatic rings. The number of piperazine rings is 1. The van der Waals surface area contributed by atoms with Gasteiger partial charge < -0.3 is 15.0 Å². The van der Waals surface area contributed by atoms with E-state index in [1.807, 2.05) is 20.8 Å². The lowest BCUT2D eigenvalue weighted by Crippen LogP contribution is -2.70. The molecule has 1 heterocycles. The fourth-order valence-corrected chi connectivity index (χ4v) is 2.74. The number of amides is 2. The van der Waals surface area contributed by atoms with E-state index in [9.17, 15) is 9.59 Å². The molecule has 2 amide bonds. The molecular formula is C13H22N2O3. The van der Waals surface area contributed by atoms with Crippen LogP contribution in [0.1, 0.15) is 33.6 Å². The van der Waals surface area contributed by atoms with Crippen LogP contribution in [0.15, 0.2) is 0 Å². The lowest BCUT2D eigenvalue weighted by atomic mass is 9.88. The average Bonchev–Trinajstić information content (AvgIpc) is 3.06. The van der Waals surface area contributed by atoms with E-state index in [2.05, 4.69) is 5.32 Å². The van der Waals surface area contributed by atoms with Crippen molar-refractivity contribution in [1.82, 2.24) is 10.2 Å². The Kier molecular flexibility index (Phi) is 3.13. The van der Waals surface area contributed by atoms with Crippen molar-refractivity contribution in [3.05, 3.63) is 0 Å². The Bertz CT molecular complexity index is 376. The topological polar surface area (TPSA) is 58.6 Å². The monoisotopic (exact) mass is 254 g/mol. The molecule has 0 aromatic carbocycles. The number of methoxy groups -OCH3 is 1. The quantitative estimate of drug-likeness (QED) is 0.796. The summed E-state index contributed by atoms with van der Waals surface area (Å²) in [4.78, 5) is 26.2. The first-order chi connectivity index (χ1) is 8.31. The van der Waals surface area contributed by atoms with Crippen LogP contribution in [0, 0.1) is 5.92 Å². The van der Waals surface area contributed by atoms with Gasteiger partial charge in [-0.3, -0.25) is 9.59 Å². The maximum absolute atomic E-state index is 12.7. The summed E-state index contributed by atoms with van der Waals surface area (Å²) in [5, 5.41) is 2.88. The molecule has 1 atom stereocenters. The summed E-state index contributed by atoms with van der Waals surface area (Å²) in [6.45, 7) is 6.25. The number of nitrogens with zero attached hydrogens (tertiary/aromatic N) is 1. The van der Waals surface area contributed by atoms with E-state index in [0.29, 0.717) is 6.61 Å². The number of carbonyl (C=O) groups is 2. The van der Waals surface area contributed by atoms with Crippen LogP contribution in [0.25, 0.3) is 0 Å². The van der Waals surface area contributed by atoms with Crippen LogP contribution in [0.2, 0.25) is 0 Å². The van der Waals surface area contributed by atoms with E-state index in [1.165, 1.54) is 0 Å². The van der Waals surface area contributed by atoms with Gasteiger partial charge in [0.15, 0.2) is 0 Å². The van der Waals surface area contributed by atoms with Gasteiger partial charge >= 0.3 is 0 Å². The highest BCUT2D eigenvalue weighted by Crippen LogP contribution is 2.42. The van der Waals surface area contributed by atoms with Gasteiger partial charge in [0, 0.05) is 7.11 Å². The number of nitrogens with one attached hydrogen (secondary N) is 1. The summed E-state index contributed by atoms with van der Waals surface area (Å²) in [5.41, 5.74) is -1.18. The lowest BCUT2D eigenvalue weighted by Gasteiger charge is -2.47. The highest BCUT2D eigenvalue weighted by Gasteiger charge is 2.54. The zero-order valence-corrected chi connectivity index (χ0v) is 11.6. The molecule has 0 spiro atoms. The highest BCUT2D eigenvalue weighted by atomic mass is 16.5. The van der Waals surface area contributed by atoms with Crippen molar-refractivity contribution in [3.63, 3.8) is 0 Å². The van der Waals surface area contributed by atoms with Crippen molar-refractivity contribution in [2.24, 2.45) is 5.92 Å². The molecule has 1 saturated heterocycles. The van der Waals surface area contributed by atoms with Crippen molar-refractivity contribution in [1.29, 1.82) is 0 Å². The van der Waals surface area contributed by atoms with Crippen LogP contribution >= 0.6 is 0 Å². The minimum Gasteiger partial charge on any atom is -0.382 e. The highest BCUT2D eigenvalue weighted by molar-refractivity contribution is 5.98. The van der Waals surface area contributed by atoms with E-state index in [4.69, 9.17) is 4.74 Å². The molecule has 0 aromatic heterocycles. The zero-order valence-electron chi connectivity index (χ0n) is 11.6. The van der Waals surface area contributed by atoms with Gasteiger partial charge in [-0.2, -0.15) is 0 Å². The molecular weight excluding hydrogens is 232 g/mol. The van der Waals surface area contributed by atoms with Crippen LogP contribution in [-0.4, -0.2) is 48.1 Å². The van der Waals surface area contributed by atoms with Crippen LogP contribution < -0.4 is 5.32 Å². The molecule has 2 aliphatic rings. The largest absolute Gasteiger partial charge is 0.382 e. The number of carbonyl (C=O) groups excluding carboxylic acids is 2. The Labute approximate surface area is 108 Å². The lowest BCUT2D eigenvalue weighted by molar-refractivity contribution is -0.157.